The molecule has 0 aromatic carbocycles. The molecule has 1 fully saturated rings. The van der Waals surface area contributed by atoms with Gasteiger partial charge in [-0.3, -0.25) is 9.36 Å². The van der Waals surface area contributed by atoms with Crippen molar-refractivity contribution in [2.45, 2.75) is 32.3 Å². The summed E-state index contributed by atoms with van der Waals surface area (Å²) in [6, 6.07) is 0. The molecule has 1 aliphatic rings. The Kier molecular flexibility index (Phi) is 3.08. The molecule has 0 bridgehead atoms. The minimum Gasteiger partial charge on any atom is -0.394 e. The molecule has 0 spiro atoms. The molecule has 8 heteroatoms. The lowest BCUT2D eigenvalue weighted by molar-refractivity contribution is -0.0491. The smallest absolute Gasteiger partial charge is 0.279 e. The van der Waals surface area contributed by atoms with Gasteiger partial charge in [0, 0.05) is 5.92 Å². The molecule has 2 aromatic heterocycles. The SMILES string of the molecule is Cc1nc2c(ncn2[C@@H]2O[C@H](CO)C(C)[C@@H]2O)c(=O)[nH]1. The highest BCUT2D eigenvalue weighted by Gasteiger charge is 2.42. The van der Waals surface area contributed by atoms with Crippen LogP contribution in [-0.2, 0) is 4.74 Å². The molecule has 3 N–H and O–H groups in total. The summed E-state index contributed by atoms with van der Waals surface area (Å²) < 4.78 is 7.17. The number of aliphatic hydroxyl groups excluding tert-OH is 2. The van der Waals surface area contributed by atoms with E-state index >= 15 is 0 Å². The van der Waals surface area contributed by atoms with E-state index in [1.807, 2.05) is 0 Å². The molecule has 0 saturated carbocycles. The first-order chi connectivity index (χ1) is 9.52. The van der Waals surface area contributed by atoms with Gasteiger partial charge in [-0.2, -0.15) is 0 Å². The van der Waals surface area contributed by atoms with Crippen molar-refractivity contribution >= 4 is 11.2 Å². The van der Waals surface area contributed by atoms with Gasteiger partial charge in [0.05, 0.1) is 19.0 Å². The molecule has 3 heterocycles. The number of aromatic nitrogens is 4. The fourth-order valence-corrected chi connectivity index (χ4v) is 2.52. The van der Waals surface area contributed by atoms with E-state index in [1.165, 1.54) is 10.9 Å². The van der Waals surface area contributed by atoms with Crippen LogP contribution in [0.2, 0.25) is 0 Å². The number of ether oxygens (including phenoxy) is 1. The molecular formula is C12H16N4O4. The van der Waals surface area contributed by atoms with Crippen LogP contribution in [0, 0.1) is 12.8 Å². The second kappa shape index (κ2) is 4.65. The van der Waals surface area contributed by atoms with Crippen molar-refractivity contribution in [3.05, 3.63) is 22.5 Å². The monoisotopic (exact) mass is 280 g/mol. The first-order valence-corrected chi connectivity index (χ1v) is 6.40. The van der Waals surface area contributed by atoms with Gasteiger partial charge in [0.2, 0.25) is 0 Å². The Hall–Kier alpha value is -1.77. The second-order valence-electron chi connectivity index (χ2n) is 5.07. The Bertz CT molecular complexity index is 694. The Morgan fingerprint density at radius 2 is 2.30 bits per heavy atom. The topological polar surface area (TPSA) is 113 Å². The summed E-state index contributed by atoms with van der Waals surface area (Å²) in [6.07, 6.45) is -0.533. The number of H-pyrrole nitrogens is 1. The van der Waals surface area contributed by atoms with E-state index in [0.29, 0.717) is 11.5 Å². The predicted octanol–water partition coefficient (Wildman–Crippen LogP) is -0.685. The third-order valence-corrected chi connectivity index (χ3v) is 3.74. The lowest BCUT2D eigenvalue weighted by Crippen LogP contribution is -2.25. The molecule has 1 saturated heterocycles. The van der Waals surface area contributed by atoms with Crippen LogP contribution in [0.5, 0.6) is 0 Å². The standard InChI is InChI=1S/C12H16N4O4/c1-5-7(3-17)20-12(9(5)18)16-4-13-8-10(16)14-6(2)15-11(8)19/h4-5,7,9,12,17-18H,3H2,1-2H3,(H,14,15,19)/t5?,7-,9+,12-/m1/s1. The molecule has 0 amide bonds. The highest BCUT2D eigenvalue weighted by Crippen LogP contribution is 2.34. The van der Waals surface area contributed by atoms with E-state index in [2.05, 4.69) is 15.0 Å². The number of aryl methyl sites for hydroxylation is 1. The van der Waals surface area contributed by atoms with Gasteiger partial charge in [0.1, 0.15) is 11.9 Å². The molecular weight excluding hydrogens is 264 g/mol. The molecule has 1 unspecified atom stereocenters. The molecule has 2 aromatic rings. The minimum absolute atomic E-state index is 0.172. The van der Waals surface area contributed by atoms with Gasteiger partial charge in [0.15, 0.2) is 17.4 Å². The molecule has 0 radical (unpaired) electrons. The molecule has 20 heavy (non-hydrogen) atoms. The van der Waals surface area contributed by atoms with E-state index in [4.69, 9.17) is 4.74 Å². The van der Waals surface area contributed by atoms with Gasteiger partial charge in [-0.1, -0.05) is 6.92 Å². The summed E-state index contributed by atoms with van der Waals surface area (Å²) in [5, 5.41) is 19.5. The van der Waals surface area contributed by atoms with Crippen molar-refractivity contribution < 1.29 is 14.9 Å². The average Bonchev–Trinajstić information content (AvgIpc) is 2.93. The second-order valence-corrected chi connectivity index (χ2v) is 5.07. The number of fused-ring (bicyclic) bond motifs is 1. The summed E-state index contributed by atoms with van der Waals surface area (Å²) in [7, 11) is 0. The summed E-state index contributed by atoms with van der Waals surface area (Å²) in [5.41, 5.74) is 0.234. The van der Waals surface area contributed by atoms with Crippen molar-refractivity contribution in [3.63, 3.8) is 0 Å². The zero-order chi connectivity index (χ0) is 14.4. The number of nitrogens with one attached hydrogen (secondary N) is 1. The molecule has 8 nitrogen and oxygen atoms in total. The number of rotatable bonds is 2. The number of hydrogen-bond donors (Lipinski definition) is 3. The van der Waals surface area contributed by atoms with Gasteiger partial charge >= 0.3 is 0 Å². The predicted molar refractivity (Wildman–Crippen MR) is 69.1 cm³/mol. The maximum atomic E-state index is 11.8. The number of aliphatic hydroxyl groups is 2. The molecule has 4 atom stereocenters. The van der Waals surface area contributed by atoms with Crippen molar-refractivity contribution in [2.75, 3.05) is 6.61 Å². The first kappa shape index (κ1) is 13.2. The van der Waals surface area contributed by atoms with Crippen LogP contribution in [0.3, 0.4) is 0 Å². The number of nitrogens with zero attached hydrogens (tertiary/aromatic N) is 3. The third-order valence-electron chi connectivity index (χ3n) is 3.74. The van der Waals surface area contributed by atoms with Crippen LogP contribution in [0.1, 0.15) is 19.0 Å². The highest BCUT2D eigenvalue weighted by molar-refractivity contribution is 5.69. The van der Waals surface area contributed by atoms with E-state index in [-0.39, 0.29) is 23.6 Å². The van der Waals surface area contributed by atoms with Crippen LogP contribution in [0.15, 0.2) is 11.1 Å². The van der Waals surface area contributed by atoms with E-state index in [9.17, 15) is 15.0 Å². The lowest BCUT2D eigenvalue weighted by Gasteiger charge is -2.16. The van der Waals surface area contributed by atoms with Crippen LogP contribution in [0.25, 0.3) is 11.2 Å². The summed E-state index contributed by atoms with van der Waals surface area (Å²) in [5.74, 6) is 0.244. The Morgan fingerprint density at radius 3 is 2.95 bits per heavy atom. The van der Waals surface area contributed by atoms with Crippen molar-refractivity contribution in [2.24, 2.45) is 5.92 Å². The molecule has 108 valence electrons. The van der Waals surface area contributed by atoms with E-state index < -0.39 is 18.4 Å². The fourth-order valence-electron chi connectivity index (χ4n) is 2.52. The number of aromatic amines is 1. The van der Waals surface area contributed by atoms with Crippen molar-refractivity contribution in [1.29, 1.82) is 0 Å². The van der Waals surface area contributed by atoms with Gasteiger partial charge < -0.3 is 19.9 Å². The Balaban J connectivity index is 2.09. The summed E-state index contributed by atoms with van der Waals surface area (Å²) in [6.45, 7) is 3.30. The van der Waals surface area contributed by atoms with Gasteiger partial charge in [-0.15, -0.1) is 0 Å². The van der Waals surface area contributed by atoms with Crippen LogP contribution in [0.4, 0.5) is 0 Å². The van der Waals surface area contributed by atoms with Gasteiger partial charge in [-0.25, -0.2) is 9.97 Å². The Labute approximate surface area is 114 Å². The molecule has 1 aliphatic heterocycles. The number of hydrogen-bond acceptors (Lipinski definition) is 6. The van der Waals surface area contributed by atoms with Crippen LogP contribution >= 0.6 is 0 Å². The fraction of sp³-hybridized carbons (Fsp3) is 0.583. The van der Waals surface area contributed by atoms with Gasteiger partial charge in [-0.05, 0) is 6.92 Å². The Morgan fingerprint density at radius 1 is 1.55 bits per heavy atom. The average molecular weight is 280 g/mol. The van der Waals surface area contributed by atoms with Crippen LogP contribution < -0.4 is 5.56 Å². The minimum atomic E-state index is -0.800. The zero-order valence-corrected chi connectivity index (χ0v) is 11.1. The van der Waals surface area contributed by atoms with Gasteiger partial charge in [0.25, 0.3) is 5.56 Å². The molecule has 0 aliphatic carbocycles. The zero-order valence-electron chi connectivity index (χ0n) is 11.1. The van der Waals surface area contributed by atoms with E-state index in [1.54, 1.807) is 13.8 Å². The first-order valence-electron chi connectivity index (χ1n) is 6.40. The normalized spacial score (nSPS) is 30.2. The maximum absolute atomic E-state index is 11.8. The maximum Gasteiger partial charge on any atom is 0.279 e. The lowest BCUT2D eigenvalue weighted by atomic mass is 10.0. The molecule has 3 rings (SSSR count). The van der Waals surface area contributed by atoms with Crippen LogP contribution in [-0.4, -0.2) is 48.5 Å². The number of imidazole rings is 1. The summed E-state index contributed by atoms with van der Waals surface area (Å²) >= 11 is 0. The third kappa shape index (κ3) is 1.84. The highest BCUT2D eigenvalue weighted by atomic mass is 16.5. The quantitative estimate of drug-likeness (QED) is 0.671. The van der Waals surface area contributed by atoms with Crippen molar-refractivity contribution in [3.8, 4) is 0 Å². The van der Waals surface area contributed by atoms with E-state index in [0.717, 1.165) is 0 Å². The largest absolute Gasteiger partial charge is 0.394 e. The summed E-state index contributed by atoms with van der Waals surface area (Å²) in [4.78, 5) is 22.6. The van der Waals surface area contributed by atoms with Crippen molar-refractivity contribution in [1.82, 2.24) is 19.5 Å².